The van der Waals surface area contributed by atoms with Gasteiger partial charge >= 0.3 is 6.03 Å². The number of piperazine rings is 1. The third-order valence-corrected chi connectivity index (χ3v) is 5.69. The zero-order valence-corrected chi connectivity index (χ0v) is 19.5. The molecule has 1 fully saturated rings. The molecule has 1 aliphatic rings. The summed E-state index contributed by atoms with van der Waals surface area (Å²) in [4.78, 5) is 26.3. The summed E-state index contributed by atoms with van der Waals surface area (Å²) >= 11 is 0. The summed E-state index contributed by atoms with van der Waals surface area (Å²) in [6, 6.07) is 15.4. The average molecular weight is 448 g/mol. The number of anilines is 2. The van der Waals surface area contributed by atoms with E-state index in [1.165, 1.54) is 5.56 Å². The topological polar surface area (TPSA) is 79.8 Å². The first kappa shape index (κ1) is 22.4. The van der Waals surface area contributed by atoms with Crippen molar-refractivity contribution in [1.29, 1.82) is 0 Å². The second-order valence-corrected chi connectivity index (χ2v) is 8.03. The number of nitrogens with zero attached hydrogens (tertiary/aromatic N) is 4. The number of methoxy groups -OCH3 is 2. The number of rotatable bonds is 5. The zero-order valence-electron chi connectivity index (χ0n) is 19.5. The molecule has 0 bridgehead atoms. The second-order valence-electron chi connectivity index (χ2n) is 8.03. The quantitative estimate of drug-likeness (QED) is 0.634. The van der Waals surface area contributed by atoms with Crippen molar-refractivity contribution in [2.75, 3.05) is 50.6 Å². The molecule has 0 atom stereocenters. The van der Waals surface area contributed by atoms with E-state index in [2.05, 4.69) is 34.3 Å². The van der Waals surface area contributed by atoms with Crippen LogP contribution in [-0.4, -0.2) is 61.3 Å². The van der Waals surface area contributed by atoms with Gasteiger partial charge in [-0.25, -0.2) is 14.8 Å². The Hall–Kier alpha value is -3.81. The molecule has 8 nitrogen and oxygen atoms in total. The van der Waals surface area contributed by atoms with Crippen molar-refractivity contribution in [2.24, 2.45) is 0 Å². The zero-order chi connectivity index (χ0) is 23.4. The van der Waals surface area contributed by atoms with E-state index >= 15 is 0 Å². The predicted octanol–water partition coefficient (Wildman–Crippen LogP) is 4.13. The summed E-state index contributed by atoms with van der Waals surface area (Å²) in [5, 5.41) is 2.94. The monoisotopic (exact) mass is 447 g/mol. The van der Waals surface area contributed by atoms with E-state index in [0.29, 0.717) is 43.4 Å². The van der Waals surface area contributed by atoms with Gasteiger partial charge in [0.15, 0.2) is 5.82 Å². The summed E-state index contributed by atoms with van der Waals surface area (Å²) in [6.45, 7) is 6.61. The second kappa shape index (κ2) is 9.77. The number of aryl methyl sites for hydroxylation is 2. The van der Waals surface area contributed by atoms with E-state index < -0.39 is 0 Å². The fourth-order valence-electron chi connectivity index (χ4n) is 3.78. The number of aromatic nitrogens is 2. The van der Waals surface area contributed by atoms with E-state index in [1.54, 1.807) is 37.3 Å². The van der Waals surface area contributed by atoms with Crippen LogP contribution < -0.4 is 19.7 Å². The SMILES string of the molecule is COc1ccc(NC(=O)N2CCN(c3cc(C)nc(-c4ccc(C)cc4)n3)CC2)c(OC)c1. The summed E-state index contributed by atoms with van der Waals surface area (Å²) in [5.41, 5.74) is 3.73. The summed E-state index contributed by atoms with van der Waals surface area (Å²) in [7, 11) is 3.16. The molecular formula is C25H29N5O3. The minimum Gasteiger partial charge on any atom is -0.497 e. The Bertz CT molecular complexity index is 1130. The number of urea groups is 1. The maximum atomic E-state index is 12.8. The fraction of sp³-hybridized carbons (Fsp3) is 0.320. The molecule has 0 unspecified atom stereocenters. The van der Waals surface area contributed by atoms with E-state index in [0.717, 1.165) is 22.9 Å². The highest BCUT2D eigenvalue weighted by Crippen LogP contribution is 2.29. The standard InChI is InChI=1S/C25H29N5O3/c1-17-5-7-19(8-6-17)24-26-18(2)15-23(28-24)29-11-13-30(14-12-29)25(31)27-21-10-9-20(32-3)16-22(21)33-4/h5-10,15-16H,11-14H2,1-4H3,(H,27,31). The van der Waals surface area contributed by atoms with Crippen LogP contribution in [-0.2, 0) is 0 Å². The summed E-state index contributed by atoms with van der Waals surface area (Å²) < 4.78 is 10.6. The van der Waals surface area contributed by atoms with Crippen LogP contribution in [0.3, 0.4) is 0 Å². The van der Waals surface area contributed by atoms with Crippen LogP contribution in [0.2, 0.25) is 0 Å². The van der Waals surface area contributed by atoms with Gasteiger partial charge in [-0.3, -0.25) is 0 Å². The Balaban J connectivity index is 1.42. The maximum Gasteiger partial charge on any atom is 0.322 e. The molecule has 0 spiro atoms. The lowest BCUT2D eigenvalue weighted by molar-refractivity contribution is 0.208. The summed E-state index contributed by atoms with van der Waals surface area (Å²) in [5.74, 6) is 2.83. The Morgan fingerprint density at radius 2 is 1.64 bits per heavy atom. The van der Waals surface area contributed by atoms with Gasteiger partial charge in [-0.1, -0.05) is 29.8 Å². The molecule has 33 heavy (non-hydrogen) atoms. The molecule has 0 saturated carbocycles. The average Bonchev–Trinajstić information content (AvgIpc) is 2.84. The van der Waals surface area contributed by atoms with Crippen LogP contribution in [0.15, 0.2) is 48.5 Å². The fourth-order valence-corrected chi connectivity index (χ4v) is 3.78. The molecule has 1 aromatic heterocycles. The molecule has 2 amide bonds. The normalized spacial score (nSPS) is 13.6. The van der Waals surface area contributed by atoms with Crippen molar-refractivity contribution in [2.45, 2.75) is 13.8 Å². The Morgan fingerprint density at radius 1 is 0.909 bits per heavy atom. The van der Waals surface area contributed by atoms with Crippen LogP contribution in [0.25, 0.3) is 11.4 Å². The summed E-state index contributed by atoms with van der Waals surface area (Å²) in [6.07, 6.45) is 0. The van der Waals surface area contributed by atoms with Gasteiger partial charge in [0.1, 0.15) is 17.3 Å². The van der Waals surface area contributed by atoms with Crippen molar-refractivity contribution in [3.63, 3.8) is 0 Å². The van der Waals surface area contributed by atoms with Gasteiger partial charge in [0.05, 0.1) is 19.9 Å². The number of hydrogen-bond donors (Lipinski definition) is 1. The molecule has 0 radical (unpaired) electrons. The molecule has 1 saturated heterocycles. The molecule has 3 aromatic rings. The van der Waals surface area contributed by atoms with Crippen molar-refractivity contribution in [3.05, 3.63) is 59.8 Å². The minimum atomic E-state index is -0.155. The first-order chi connectivity index (χ1) is 16.0. The molecule has 4 rings (SSSR count). The van der Waals surface area contributed by atoms with Gasteiger partial charge in [0, 0.05) is 49.6 Å². The lowest BCUT2D eigenvalue weighted by Crippen LogP contribution is -2.50. The third kappa shape index (κ3) is 5.16. The molecule has 172 valence electrons. The lowest BCUT2D eigenvalue weighted by Gasteiger charge is -2.35. The molecule has 1 aliphatic heterocycles. The number of hydrogen-bond acceptors (Lipinski definition) is 6. The number of ether oxygens (including phenoxy) is 2. The number of benzene rings is 2. The van der Waals surface area contributed by atoms with Gasteiger partial charge in [0.2, 0.25) is 0 Å². The van der Waals surface area contributed by atoms with Crippen molar-refractivity contribution >= 4 is 17.5 Å². The van der Waals surface area contributed by atoms with E-state index in [-0.39, 0.29) is 6.03 Å². The van der Waals surface area contributed by atoms with E-state index in [9.17, 15) is 4.79 Å². The van der Waals surface area contributed by atoms with E-state index in [4.69, 9.17) is 14.5 Å². The predicted molar refractivity (Wildman–Crippen MR) is 129 cm³/mol. The van der Waals surface area contributed by atoms with Crippen LogP contribution in [0, 0.1) is 13.8 Å². The Labute approximate surface area is 194 Å². The van der Waals surface area contributed by atoms with Crippen molar-refractivity contribution in [1.82, 2.24) is 14.9 Å². The van der Waals surface area contributed by atoms with E-state index in [1.807, 2.05) is 25.1 Å². The van der Waals surface area contributed by atoms with Gasteiger partial charge in [-0.2, -0.15) is 0 Å². The van der Waals surface area contributed by atoms with Gasteiger partial charge < -0.3 is 24.6 Å². The van der Waals surface area contributed by atoms with Crippen LogP contribution in [0.1, 0.15) is 11.3 Å². The number of nitrogens with one attached hydrogen (secondary N) is 1. The maximum absolute atomic E-state index is 12.8. The Kier molecular flexibility index (Phi) is 6.63. The van der Waals surface area contributed by atoms with Gasteiger partial charge in [-0.15, -0.1) is 0 Å². The van der Waals surface area contributed by atoms with Gasteiger partial charge in [-0.05, 0) is 26.0 Å². The van der Waals surface area contributed by atoms with Crippen LogP contribution in [0.4, 0.5) is 16.3 Å². The molecule has 2 heterocycles. The molecule has 8 heteroatoms. The molecule has 1 N–H and O–H groups in total. The Morgan fingerprint density at radius 3 is 2.30 bits per heavy atom. The lowest BCUT2D eigenvalue weighted by atomic mass is 10.1. The first-order valence-electron chi connectivity index (χ1n) is 10.9. The highest BCUT2D eigenvalue weighted by atomic mass is 16.5. The highest BCUT2D eigenvalue weighted by molar-refractivity contribution is 5.91. The molecule has 2 aromatic carbocycles. The van der Waals surface area contributed by atoms with Crippen molar-refractivity contribution in [3.8, 4) is 22.9 Å². The number of amides is 2. The van der Waals surface area contributed by atoms with Crippen LogP contribution in [0.5, 0.6) is 11.5 Å². The first-order valence-corrected chi connectivity index (χ1v) is 10.9. The molecule has 0 aliphatic carbocycles. The van der Waals surface area contributed by atoms with Crippen molar-refractivity contribution < 1.29 is 14.3 Å². The van der Waals surface area contributed by atoms with Crippen LogP contribution >= 0.6 is 0 Å². The number of carbonyl (C=O) groups excluding carboxylic acids is 1. The minimum absolute atomic E-state index is 0.155. The van der Waals surface area contributed by atoms with Gasteiger partial charge in [0.25, 0.3) is 0 Å². The number of carbonyl (C=O) groups is 1. The highest BCUT2D eigenvalue weighted by Gasteiger charge is 2.23. The smallest absolute Gasteiger partial charge is 0.322 e. The molecular weight excluding hydrogens is 418 g/mol. The third-order valence-electron chi connectivity index (χ3n) is 5.69. The largest absolute Gasteiger partial charge is 0.497 e.